The number of nitrogen functional groups attached to an aromatic ring is 1. The molecule has 66 valence electrons. The minimum atomic E-state index is -0.831. The van der Waals surface area contributed by atoms with E-state index in [0.29, 0.717) is 0 Å². The predicted octanol–water partition coefficient (Wildman–Crippen LogP) is 1.19. The van der Waals surface area contributed by atoms with Gasteiger partial charge in [0.2, 0.25) is 0 Å². The monoisotopic (exact) mass is 181 g/mol. The molecule has 0 radical (unpaired) electrons. The second kappa shape index (κ2) is 3.06. The fourth-order valence-electron chi connectivity index (χ4n) is 0.852. The van der Waals surface area contributed by atoms with Crippen molar-refractivity contribution in [3.8, 4) is 6.07 Å². The van der Waals surface area contributed by atoms with Crippen LogP contribution in [0.5, 0.6) is 0 Å². The van der Waals surface area contributed by atoms with Gasteiger partial charge < -0.3 is 5.73 Å². The first-order valence-electron chi connectivity index (χ1n) is 3.20. The lowest BCUT2D eigenvalue weighted by atomic mass is 10.1. The summed E-state index contributed by atoms with van der Waals surface area (Å²) in [5.41, 5.74) is 3.72. The second-order valence-electron chi connectivity index (χ2n) is 2.22. The van der Waals surface area contributed by atoms with Gasteiger partial charge in [-0.25, -0.2) is 4.39 Å². The normalized spacial score (nSPS) is 9.23. The lowest BCUT2D eigenvalue weighted by Gasteiger charge is -1.99. The number of nitrogens with zero attached hydrogens (tertiary/aromatic N) is 2. The maximum Gasteiger partial charge on any atom is 0.289 e. The predicted molar refractivity (Wildman–Crippen MR) is 42.2 cm³/mol. The first-order valence-corrected chi connectivity index (χ1v) is 3.20. The Labute approximate surface area is 72.3 Å². The molecule has 0 aromatic heterocycles. The van der Waals surface area contributed by atoms with Crippen molar-refractivity contribution in [2.45, 2.75) is 0 Å². The highest BCUT2D eigenvalue weighted by Crippen LogP contribution is 2.25. The van der Waals surface area contributed by atoms with Gasteiger partial charge >= 0.3 is 0 Å². The summed E-state index contributed by atoms with van der Waals surface area (Å²) in [5.74, 6) is -0.831. The summed E-state index contributed by atoms with van der Waals surface area (Å²) in [4.78, 5) is 9.54. The highest BCUT2D eigenvalue weighted by atomic mass is 19.1. The van der Waals surface area contributed by atoms with Gasteiger partial charge in [-0.3, -0.25) is 10.1 Å². The number of rotatable bonds is 1. The Kier molecular flexibility index (Phi) is 2.11. The SMILES string of the molecule is N#Cc1c([N+](=O)[O-])ccc(F)c1N. The molecule has 5 nitrogen and oxygen atoms in total. The summed E-state index contributed by atoms with van der Waals surface area (Å²) in [6, 6.07) is 3.24. The molecule has 0 amide bonds. The van der Waals surface area contributed by atoms with E-state index in [9.17, 15) is 14.5 Å². The highest BCUT2D eigenvalue weighted by molar-refractivity contribution is 5.64. The van der Waals surface area contributed by atoms with Crippen molar-refractivity contribution in [1.29, 1.82) is 5.26 Å². The molecule has 1 aromatic carbocycles. The molecule has 0 heterocycles. The molecule has 0 fully saturated rings. The van der Waals surface area contributed by atoms with Gasteiger partial charge in [0.05, 0.1) is 10.6 Å². The number of hydrogen-bond acceptors (Lipinski definition) is 4. The maximum atomic E-state index is 12.7. The highest BCUT2D eigenvalue weighted by Gasteiger charge is 2.18. The molecule has 0 spiro atoms. The zero-order valence-electron chi connectivity index (χ0n) is 6.32. The van der Waals surface area contributed by atoms with Crippen LogP contribution >= 0.6 is 0 Å². The molecule has 0 aliphatic heterocycles. The summed E-state index contributed by atoms with van der Waals surface area (Å²) in [7, 11) is 0. The van der Waals surface area contributed by atoms with Crippen molar-refractivity contribution in [3.05, 3.63) is 33.6 Å². The van der Waals surface area contributed by atoms with Gasteiger partial charge in [-0.05, 0) is 6.07 Å². The number of nitriles is 1. The number of benzene rings is 1. The van der Waals surface area contributed by atoms with Crippen molar-refractivity contribution in [3.63, 3.8) is 0 Å². The molecule has 1 rings (SSSR count). The smallest absolute Gasteiger partial charge is 0.289 e. The molecule has 6 heteroatoms. The Bertz CT molecular complexity index is 411. The van der Waals surface area contributed by atoms with Gasteiger partial charge in [0.25, 0.3) is 5.69 Å². The fraction of sp³-hybridized carbons (Fsp3) is 0. The quantitative estimate of drug-likeness (QED) is 0.400. The van der Waals surface area contributed by atoms with Gasteiger partial charge in [-0.1, -0.05) is 0 Å². The van der Waals surface area contributed by atoms with E-state index in [2.05, 4.69) is 0 Å². The number of halogens is 1. The van der Waals surface area contributed by atoms with Gasteiger partial charge in [0, 0.05) is 6.07 Å². The molecule has 0 aliphatic rings. The van der Waals surface area contributed by atoms with E-state index in [0.717, 1.165) is 12.1 Å². The van der Waals surface area contributed by atoms with Crippen molar-refractivity contribution in [2.75, 3.05) is 5.73 Å². The summed E-state index contributed by atoms with van der Waals surface area (Å²) in [5, 5.41) is 18.8. The Morgan fingerprint density at radius 1 is 1.62 bits per heavy atom. The molecule has 0 unspecified atom stereocenters. The van der Waals surface area contributed by atoms with E-state index in [1.54, 1.807) is 0 Å². The van der Waals surface area contributed by atoms with Crippen LogP contribution in [-0.2, 0) is 0 Å². The number of hydrogen-bond donors (Lipinski definition) is 1. The van der Waals surface area contributed by atoms with Gasteiger partial charge in [0.15, 0.2) is 5.56 Å². The number of nitro groups is 1. The van der Waals surface area contributed by atoms with Crippen molar-refractivity contribution >= 4 is 11.4 Å². The first kappa shape index (κ1) is 8.93. The van der Waals surface area contributed by atoms with Crippen molar-refractivity contribution in [1.82, 2.24) is 0 Å². The fourth-order valence-corrected chi connectivity index (χ4v) is 0.852. The van der Waals surface area contributed by atoms with Crippen molar-refractivity contribution < 1.29 is 9.31 Å². The third-order valence-corrected chi connectivity index (χ3v) is 1.48. The van der Waals surface area contributed by atoms with E-state index < -0.39 is 27.7 Å². The molecule has 0 aliphatic carbocycles. The summed E-state index contributed by atoms with van der Waals surface area (Å²) in [6.07, 6.45) is 0. The minimum absolute atomic E-state index is 0.440. The Morgan fingerprint density at radius 2 is 2.23 bits per heavy atom. The molecule has 0 atom stereocenters. The lowest BCUT2D eigenvalue weighted by Crippen LogP contribution is -1.99. The Balaban J connectivity index is 3.50. The third-order valence-electron chi connectivity index (χ3n) is 1.48. The first-order chi connectivity index (χ1) is 6.07. The van der Waals surface area contributed by atoms with E-state index in [1.807, 2.05) is 0 Å². The van der Waals surface area contributed by atoms with Crippen LogP contribution in [-0.4, -0.2) is 4.92 Å². The van der Waals surface area contributed by atoms with Crippen LogP contribution in [0.25, 0.3) is 0 Å². The second-order valence-corrected chi connectivity index (χ2v) is 2.22. The molecule has 13 heavy (non-hydrogen) atoms. The Hall–Kier alpha value is -2.16. The number of nitrogens with two attached hydrogens (primary N) is 1. The summed E-state index contributed by atoms with van der Waals surface area (Å²) >= 11 is 0. The Morgan fingerprint density at radius 3 is 2.69 bits per heavy atom. The molecule has 2 N–H and O–H groups in total. The van der Waals surface area contributed by atoms with E-state index in [4.69, 9.17) is 11.0 Å². The molecule has 0 saturated carbocycles. The van der Waals surface area contributed by atoms with Crippen LogP contribution < -0.4 is 5.73 Å². The zero-order valence-corrected chi connectivity index (χ0v) is 6.32. The van der Waals surface area contributed by atoms with Crippen LogP contribution in [0.3, 0.4) is 0 Å². The van der Waals surface area contributed by atoms with Crippen LogP contribution in [0.2, 0.25) is 0 Å². The molecule has 0 bridgehead atoms. The average molecular weight is 181 g/mol. The van der Waals surface area contributed by atoms with Gasteiger partial charge in [-0.15, -0.1) is 0 Å². The minimum Gasteiger partial charge on any atom is -0.395 e. The topological polar surface area (TPSA) is 92.9 Å². The van der Waals surface area contributed by atoms with Crippen LogP contribution in [0.1, 0.15) is 5.56 Å². The van der Waals surface area contributed by atoms with Gasteiger partial charge in [0.1, 0.15) is 11.9 Å². The number of nitro benzene ring substituents is 1. The molecule has 0 saturated heterocycles. The zero-order chi connectivity index (χ0) is 10.0. The average Bonchev–Trinajstić information content (AvgIpc) is 2.09. The molecular formula is C7H4FN3O2. The van der Waals surface area contributed by atoms with Crippen LogP contribution in [0.4, 0.5) is 15.8 Å². The van der Waals surface area contributed by atoms with Crippen LogP contribution in [0, 0.1) is 27.3 Å². The van der Waals surface area contributed by atoms with Crippen LogP contribution in [0.15, 0.2) is 12.1 Å². The summed E-state index contributed by atoms with van der Waals surface area (Å²) in [6.45, 7) is 0. The van der Waals surface area contributed by atoms with E-state index in [-0.39, 0.29) is 0 Å². The molecular weight excluding hydrogens is 177 g/mol. The standard InChI is InChI=1S/C7H4FN3O2/c8-5-1-2-6(11(12)13)4(3-9)7(5)10/h1-2H,10H2. The van der Waals surface area contributed by atoms with E-state index >= 15 is 0 Å². The third kappa shape index (κ3) is 1.39. The van der Waals surface area contributed by atoms with Crippen molar-refractivity contribution in [2.24, 2.45) is 0 Å². The van der Waals surface area contributed by atoms with E-state index in [1.165, 1.54) is 6.07 Å². The van der Waals surface area contributed by atoms with Gasteiger partial charge in [-0.2, -0.15) is 5.26 Å². The summed E-state index contributed by atoms with van der Waals surface area (Å²) < 4.78 is 12.7. The maximum absolute atomic E-state index is 12.7. The molecule has 1 aromatic rings. The number of anilines is 1. The largest absolute Gasteiger partial charge is 0.395 e. The lowest BCUT2D eigenvalue weighted by molar-refractivity contribution is -0.385.